The predicted octanol–water partition coefficient (Wildman–Crippen LogP) is 6.84. The molecule has 7 rings (SSSR count). The number of nitrogens with zero attached hydrogens (tertiary/aromatic N) is 3. The van der Waals surface area contributed by atoms with Crippen molar-refractivity contribution in [3.63, 3.8) is 0 Å². The summed E-state index contributed by atoms with van der Waals surface area (Å²) in [5.41, 5.74) is 12.1. The first kappa shape index (κ1) is 31.1. The Labute approximate surface area is 280 Å². The van der Waals surface area contributed by atoms with Crippen molar-refractivity contribution in [1.82, 2.24) is 30.0 Å². The molecule has 3 aromatic heterocycles. The van der Waals surface area contributed by atoms with Crippen molar-refractivity contribution < 1.29 is 4.79 Å². The summed E-state index contributed by atoms with van der Waals surface area (Å²) in [4.78, 5) is 20.0. The summed E-state index contributed by atoms with van der Waals surface area (Å²) in [6.07, 6.45) is 5.64. The fourth-order valence-corrected chi connectivity index (χ4v) is 6.68. The minimum absolute atomic E-state index is 0.0511. The Kier molecular flexibility index (Phi) is 8.65. The minimum atomic E-state index is -1.02. The van der Waals surface area contributed by atoms with Gasteiger partial charge in [-0.3, -0.25) is 4.79 Å². The number of hydrogen-bond donors (Lipinski definition) is 4. The summed E-state index contributed by atoms with van der Waals surface area (Å²) < 4.78 is 2.30. The lowest BCUT2D eigenvalue weighted by Gasteiger charge is -2.25. The van der Waals surface area contributed by atoms with Crippen molar-refractivity contribution >= 4 is 27.7 Å². The Morgan fingerprint density at radius 1 is 0.750 bits per heavy atom. The van der Waals surface area contributed by atoms with Crippen LogP contribution in [0.2, 0.25) is 0 Å². The van der Waals surface area contributed by atoms with E-state index in [0.29, 0.717) is 19.5 Å². The van der Waals surface area contributed by atoms with Crippen molar-refractivity contribution in [3.05, 3.63) is 155 Å². The number of hydrogen-bond acceptors (Lipinski definition) is 4. The highest BCUT2D eigenvalue weighted by atomic mass is 16.2. The number of carbonyl (C=O) groups is 1. The van der Waals surface area contributed by atoms with Crippen molar-refractivity contribution in [2.75, 3.05) is 6.54 Å². The maximum atomic E-state index is 13.1. The predicted molar refractivity (Wildman–Crippen MR) is 192 cm³/mol. The third-order valence-corrected chi connectivity index (χ3v) is 9.28. The topological polar surface area (TPSA) is 117 Å². The number of nitrogens with two attached hydrogens (primary N) is 1. The number of aromatic nitrogens is 5. The second-order valence-electron chi connectivity index (χ2n) is 13.1. The van der Waals surface area contributed by atoms with E-state index in [1.165, 1.54) is 22.1 Å². The fraction of sp³-hybridized carbons (Fsp3) is 0.225. The molecule has 8 heteroatoms. The van der Waals surface area contributed by atoms with Crippen LogP contribution >= 0.6 is 0 Å². The molecule has 1 atom stereocenters. The zero-order valence-electron chi connectivity index (χ0n) is 27.4. The maximum Gasteiger partial charge on any atom is 0.239 e. The molecule has 1 amide bonds. The molecular formula is C40H41N7O. The highest BCUT2D eigenvalue weighted by Crippen LogP contribution is 2.34. The second kappa shape index (κ2) is 13.3. The van der Waals surface area contributed by atoms with Gasteiger partial charge in [-0.05, 0) is 54.7 Å². The highest BCUT2D eigenvalue weighted by molar-refractivity contribution is 5.86. The SMILES string of the molecule is CC(C)(N)C(=O)NCC(c1c[nH]c2ccccc12)c1nnc(CCc2c[nH]c3ccccc23)n1CC(c1ccccc1)c1ccccc1. The third kappa shape index (κ3) is 6.39. The van der Waals surface area contributed by atoms with Crippen LogP contribution in [0.25, 0.3) is 21.8 Å². The lowest BCUT2D eigenvalue weighted by atomic mass is 9.90. The van der Waals surface area contributed by atoms with E-state index < -0.39 is 5.54 Å². The minimum Gasteiger partial charge on any atom is -0.361 e. The molecule has 0 saturated carbocycles. The average molecular weight is 636 g/mol. The lowest BCUT2D eigenvalue weighted by molar-refractivity contribution is -0.125. The maximum absolute atomic E-state index is 13.1. The van der Waals surface area contributed by atoms with Crippen LogP contribution in [0.3, 0.4) is 0 Å². The Hall–Kier alpha value is -5.47. The zero-order chi connectivity index (χ0) is 33.1. The van der Waals surface area contributed by atoms with Crippen LogP contribution in [-0.2, 0) is 24.2 Å². The van der Waals surface area contributed by atoms with Crippen LogP contribution in [0, 0.1) is 0 Å². The first-order chi connectivity index (χ1) is 23.4. The number of aromatic amines is 2. The fourth-order valence-electron chi connectivity index (χ4n) is 6.68. The third-order valence-electron chi connectivity index (χ3n) is 9.28. The second-order valence-corrected chi connectivity index (χ2v) is 13.1. The number of rotatable bonds is 12. The number of benzene rings is 4. The number of nitrogens with one attached hydrogen (secondary N) is 3. The molecule has 0 aliphatic heterocycles. The van der Waals surface area contributed by atoms with Crippen LogP contribution in [0.1, 0.15) is 59.6 Å². The molecule has 0 aliphatic carbocycles. The van der Waals surface area contributed by atoms with Gasteiger partial charge in [-0.2, -0.15) is 0 Å². The lowest BCUT2D eigenvalue weighted by Crippen LogP contribution is -2.50. The number of H-pyrrole nitrogens is 2. The molecule has 4 aromatic carbocycles. The van der Waals surface area contributed by atoms with E-state index in [4.69, 9.17) is 15.9 Å². The normalized spacial score (nSPS) is 12.6. The number of aryl methyl sites for hydroxylation is 2. The van der Waals surface area contributed by atoms with E-state index >= 15 is 0 Å². The molecule has 0 radical (unpaired) electrons. The number of carbonyl (C=O) groups excluding carboxylic acids is 1. The highest BCUT2D eigenvalue weighted by Gasteiger charge is 2.30. The van der Waals surface area contributed by atoms with E-state index in [1.54, 1.807) is 13.8 Å². The van der Waals surface area contributed by atoms with Gasteiger partial charge >= 0.3 is 0 Å². The zero-order valence-corrected chi connectivity index (χ0v) is 27.4. The molecule has 0 spiro atoms. The van der Waals surface area contributed by atoms with Gasteiger partial charge in [0.2, 0.25) is 5.91 Å². The van der Waals surface area contributed by atoms with E-state index in [2.05, 4.69) is 117 Å². The van der Waals surface area contributed by atoms with Gasteiger partial charge in [0.05, 0.1) is 11.5 Å². The standard InChI is InChI=1S/C40H41N7O/c1-40(2,41)39(48)44-25-33(32-24-43-36-20-12-10-18-31(32)36)38-46-45-37(22-21-29-23-42-35-19-11-9-17-30(29)35)47(38)26-34(27-13-5-3-6-14-27)28-15-7-4-8-16-28/h3-20,23-24,33-34,42-43H,21-22,25-26,41H2,1-2H3,(H,44,48). The number of fused-ring (bicyclic) bond motifs is 2. The van der Waals surface area contributed by atoms with Gasteiger partial charge in [0.15, 0.2) is 0 Å². The van der Waals surface area contributed by atoms with Crippen LogP contribution < -0.4 is 11.1 Å². The molecule has 0 aliphatic rings. The van der Waals surface area contributed by atoms with Gasteiger partial charge in [-0.15, -0.1) is 10.2 Å². The molecule has 3 heterocycles. The van der Waals surface area contributed by atoms with Crippen LogP contribution in [-0.4, -0.2) is 42.7 Å². The summed E-state index contributed by atoms with van der Waals surface area (Å²) in [5.74, 6) is 1.26. The van der Waals surface area contributed by atoms with Gasteiger partial charge in [0.1, 0.15) is 11.6 Å². The van der Waals surface area contributed by atoms with Gasteiger partial charge in [-0.25, -0.2) is 0 Å². The Morgan fingerprint density at radius 2 is 1.33 bits per heavy atom. The summed E-state index contributed by atoms with van der Waals surface area (Å²) in [5, 5.41) is 15.3. The van der Waals surface area contributed by atoms with Gasteiger partial charge < -0.3 is 25.6 Å². The molecule has 242 valence electrons. The van der Waals surface area contributed by atoms with Gasteiger partial charge in [0, 0.05) is 59.6 Å². The van der Waals surface area contributed by atoms with E-state index in [-0.39, 0.29) is 17.7 Å². The monoisotopic (exact) mass is 635 g/mol. The summed E-state index contributed by atoms with van der Waals surface area (Å²) in [6.45, 7) is 4.40. The summed E-state index contributed by atoms with van der Waals surface area (Å²) in [6, 6.07) is 37.9. The van der Waals surface area contributed by atoms with E-state index in [0.717, 1.165) is 40.1 Å². The van der Waals surface area contributed by atoms with Crippen molar-refractivity contribution in [2.45, 2.75) is 50.6 Å². The molecule has 5 N–H and O–H groups in total. The van der Waals surface area contributed by atoms with Crippen molar-refractivity contribution in [3.8, 4) is 0 Å². The Bertz CT molecular complexity index is 2100. The molecule has 8 nitrogen and oxygen atoms in total. The molecular weight excluding hydrogens is 594 g/mol. The van der Waals surface area contributed by atoms with E-state index in [9.17, 15) is 4.79 Å². The molecule has 0 saturated heterocycles. The molecule has 0 bridgehead atoms. The van der Waals surface area contributed by atoms with Gasteiger partial charge in [-0.1, -0.05) is 97.1 Å². The number of para-hydroxylation sites is 2. The largest absolute Gasteiger partial charge is 0.361 e. The van der Waals surface area contributed by atoms with Crippen LogP contribution in [0.4, 0.5) is 0 Å². The average Bonchev–Trinajstić information content (AvgIpc) is 3.84. The first-order valence-corrected chi connectivity index (χ1v) is 16.6. The van der Waals surface area contributed by atoms with Crippen molar-refractivity contribution in [2.24, 2.45) is 5.73 Å². The smallest absolute Gasteiger partial charge is 0.239 e. The summed E-state index contributed by atoms with van der Waals surface area (Å²) in [7, 11) is 0. The summed E-state index contributed by atoms with van der Waals surface area (Å²) >= 11 is 0. The van der Waals surface area contributed by atoms with Crippen LogP contribution in [0.5, 0.6) is 0 Å². The van der Waals surface area contributed by atoms with Crippen molar-refractivity contribution in [1.29, 1.82) is 0 Å². The first-order valence-electron chi connectivity index (χ1n) is 16.6. The van der Waals surface area contributed by atoms with Crippen LogP contribution in [0.15, 0.2) is 122 Å². The number of amides is 1. The Morgan fingerprint density at radius 3 is 2.00 bits per heavy atom. The molecule has 7 aromatic rings. The van der Waals surface area contributed by atoms with E-state index in [1.807, 2.05) is 24.4 Å². The molecule has 48 heavy (non-hydrogen) atoms. The molecule has 1 unspecified atom stereocenters. The quantitative estimate of drug-likeness (QED) is 0.118. The Balaban J connectivity index is 1.34. The van der Waals surface area contributed by atoms with Gasteiger partial charge in [0.25, 0.3) is 0 Å². The molecule has 0 fully saturated rings.